The minimum Gasteiger partial charge on any atom is -0.495 e. The molecule has 0 unspecified atom stereocenters. The van der Waals surface area contributed by atoms with Gasteiger partial charge in [-0.05, 0) is 37.1 Å². The Morgan fingerprint density at radius 2 is 1.71 bits per heavy atom. The second-order valence-corrected chi connectivity index (χ2v) is 8.20. The van der Waals surface area contributed by atoms with Gasteiger partial charge in [0.1, 0.15) is 16.9 Å². The van der Waals surface area contributed by atoms with E-state index in [4.69, 9.17) is 13.9 Å². The van der Waals surface area contributed by atoms with Crippen molar-refractivity contribution >= 4 is 50.4 Å². The Bertz CT molecular complexity index is 1600. The average molecular weight is 469 g/mol. The van der Waals surface area contributed by atoms with Gasteiger partial charge in [-0.15, -0.1) is 0 Å². The number of pyridine rings is 1. The molecular formula is C28H24N2O5. The molecule has 0 saturated heterocycles. The highest BCUT2D eigenvalue weighted by molar-refractivity contribution is 6.08. The fourth-order valence-electron chi connectivity index (χ4n) is 4.37. The summed E-state index contributed by atoms with van der Waals surface area (Å²) in [6.07, 6.45) is 0.682. The highest BCUT2D eigenvalue weighted by atomic mass is 16.5. The van der Waals surface area contributed by atoms with Gasteiger partial charge in [-0.3, -0.25) is 9.78 Å². The van der Waals surface area contributed by atoms with Crippen molar-refractivity contribution in [2.24, 2.45) is 0 Å². The Morgan fingerprint density at radius 3 is 2.49 bits per heavy atom. The normalized spacial score (nSPS) is 11.2. The number of benzene rings is 3. The number of nitrogens with zero attached hydrogens (tertiary/aromatic N) is 1. The van der Waals surface area contributed by atoms with E-state index in [0.717, 1.165) is 33.1 Å². The highest BCUT2D eigenvalue weighted by Crippen LogP contribution is 2.36. The smallest absolute Gasteiger partial charge is 0.339 e. The molecule has 3 aromatic carbocycles. The van der Waals surface area contributed by atoms with Gasteiger partial charge in [0.05, 0.1) is 23.9 Å². The van der Waals surface area contributed by atoms with Crippen molar-refractivity contribution in [2.75, 3.05) is 19.0 Å². The summed E-state index contributed by atoms with van der Waals surface area (Å²) in [5.74, 6) is -0.572. The van der Waals surface area contributed by atoms with Gasteiger partial charge >= 0.3 is 5.97 Å². The maximum absolute atomic E-state index is 13.0. The number of carbonyl (C=O) groups is 2. The first-order chi connectivity index (χ1) is 17.0. The highest BCUT2D eigenvalue weighted by Gasteiger charge is 2.20. The first-order valence-electron chi connectivity index (χ1n) is 11.3. The molecule has 0 aliphatic heterocycles. The summed E-state index contributed by atoms with van der Waals surface area (Å²) < 4.78 is 16.8. The Kier molecular flexibility index (Phi) is 5.82. The first-order valence-corrected chi connectivity index (χ1v) is 11.3. The molecule has 7 nitrogen and oxygen atoms in total. The van der Waals surface area contributed by atoms with Crippen LogP contribution in [0.15, 0.2) is 65.1 Å². The number of methoxy groups -OCH3 is 1. The van der Waals surface area contributed by atoms with Crippen molar-refractivity contribution < 1.29 is 23.5 Å². The van der Waals surface area contributed by atoms with Gasteiger partial charge in [0, 0.05) is 27.9 Å². The summed E-state index contributed by atoms with van der Waals surface area (Å²) in [6, 6.07) is 18.6. The van der Waals surface area contributed by atoms with Crippen LogP contribution in [0.4, 0.5) is 5.69 Å². The van der Waals surface area contributed by atoms with Gasteiger partial charge in [0.25, 0.3) is 5.91 Å². The molecule has 5 aromatic rings. The molecule has 0 saturated carbocycles. The minimum absolute atomic E-state index is 0.430. The van der Waals surface area contributed by atoms with Gasteiger partial charge in [-0.2, -0.15) is 0 Å². The van der Waals surface area contributed by atoms with Crippen LogP contribution in [0, 0.1) is 6.92 Å². The number of amides is 1. The van der Waals surface area contributed by atoms with E-state index in [-0.39, 0.29) is 0 Å². The summed E-state index contributed by atoms with van der Waals surface area (Å²) in [5, 5.41) is 5.30. The van der Waals surface area contributed by atoms with Crippen molar-refractivity contribution in [3.8, 4) is 5.75 Å². The van der Waals surface area contributed by atoms with Gasteiger partial charge in [-0.25, -0.2) is 4.79 Å². The fraction of sp³-hybridized carbons (Fsp3) is 0.179. The topological polar surface area (TPSA) is 90.7 Å². The van der Waals surface area contributed by atoms with Gasteiger partial charge in [0.15, 0.2) is 6.61 Å². The maximum atomic E-state index is 13.0. The number of aromatic nitrogens is 1. The summed E-state index contributed by atoms with van der Waals surface area (Å²) in [4.78, 5) is 30.4. The summed E-state index contributed by atoms with van der Waals surface area (Å²) >= 11 is 0. The van der Waals surface area contributed by atoms with Crippen LogP contribution in [0.3, 0.4) is 0 Å². The van der Waals surface area contributed by atoms with E-state index in [1.807, 2.05) is 68.4 Å². The molecule has 0 bridgehead atoms. The Hall–Kier alpha value is -4.39. The molecule has 0 atom stereocenters. The third-order valence-corrected chi connectivity index (χ3v) is 6.08. The number of rotatable bonds is 6. The van der Waals surface area contributed by atoms with E-state index in [2.05, 4.69) is 10.3 Å². The number of ether oxygens (including phenoxy) is 2. The molecule has 0 radical (unpaired) electrons. The Balaban J connectivity index is 1.37. The fourth-order valence-corrected chi connectivity index (χ4v) is 4.37. The lowest BCUT2D eigenvalue weighted by molar-refractivity contribution is -0.119. The number of aryl methyl sites for hydroxylation is 1. The Labute approximate surface area is 201 Å². The predicted octanol–water partition coefficient (Wildman–Crippen LogP) is 5.81. The van der Waals surface area contributed by atoms with E-state index in [1.165, 1.54) is 7.11 Å². The Morgan fingerprint density at radius 1 is 0.971 bits per heavy atom. The molecule has 0 spiro atoms. The number of para-hydroxylation sites is 2. The molecule has 0 fully saturated rings. The van der Waals surface area contributed by atoms with Crippen LogP contribution < -0.4 is 10.1 Å². The second-order valence-electron chi connectivity index (χ2n) is 8.20. The van der Waals surface area contributed by atoms with Crippen molar-refractivity contribution in [1.29, 1.82) is 0 Å². The lowest BCUT2D eigenvalue weighted by Crippen LogP contribution is -2.22. The largest absolute Gasteiger partial charge is 0.495 e. The van der Waals surface area contributed by atoms with Crippen LogP contribution in [-0.2, 0) is 16.0 Å². The summed E-state index contributed by atoms with van der Waals surface area (Å²) in [6.45, 7) is 3.39. The zero-order valence-electron chi connectivity index (χ0n) is 19.7. The molecule has 2 heterocycles. The molecule has 0 aliphatic rings. The zero-order chi connectivity index (χ0) is 24.5. The molecular weight excluding hydrogens is 444 g/mol. The van der Waals surface area contributed by atoms with Crippen LogP contribution in [0.2, 0.25) is 0 Å². The van der Waals surface area contributed by atoms with Crippen LogP contribution in [-0.4, -0.2) is 30.6 Å². The second kappa shape index (κ2) is 9.10. The molecule has 176 valence electrons. The predicted molar refractivity (Wildman–Crippen MR) is 135 cm³/mol. The lowest BCUT2D eigenvalue weighted by Gasteiger charge is -2.14. The number of fused-ring (bicyclic) bond motifs is 4. The number of anilines is 1. The molecule has 2 aromatic heterocycles. The molecule has 35 heavy (non-hydrogen) atoms. The van der Waals surface area contributed by atoms with E-state index in [9.17, 15) is 9.59 Å². The van der Waals surface area contributed by atoms with Crippen LogP contribution in [0.25, 0.3) is 32.8 Å². The molecule has 1 N–H and O–H groups in total. The number of hydrogen-bond acceptors (Lipinski definition) is 6. The van der Waals surface area contributed by atoms with Gasteiger partial charge < -0.3 is 19.2 Å². The molecule has 5 rings (SSSR count). The van der Waals surface area contributed by atoms with Crippen molar-refractivity contribution in [3.63, 3.8) is 0 Å². The standard InChI is InChI=1S/C28H24N2O5/c1-4-20-16(2)27(18-10-5-7-11-21(18)29-20)28(32)34-15-26(31)30-22-14-24-19(13-25(22)33-3)17-9-6-8-12-23(17)35-24/h5-14H,4,15H2,1-3H3,(H,30,31). The number of furan rings is 1. The SMILES string of the molecule is CCc1nc2ccccc2c(C(=O)OCC(=O)Nc2cc3oc4ccccc4c3cc2OC)c1C. The average Bonchev–Trinajstić information content (AvgIpc) is 3.23. The lowest BCUT2D eigenvalue weighted by atomic mass is 10.0. The number of esters is 1. The number of carbonyl (C=O) groups excluding carboxylic acids is 2. The van der Waals surface area contributed by atoms with Crippen molar-refractivity contribution in [2.45, 2.75) is 20.3 Å². The van der Waals surface area contributed by atoms with Gasteiger partial charge in [0.2, 0.25) is 0 Å². The summed E-state index contributed by atoms with van der Waals surface area (Å²) in [5.41, 5.74) is 4.52. The van der Waals surface area contributed by atoms with Crippen LogP contribution in [0.1, 0.15) is 28.5 Å². The molecule has 1 amide bonds. The van der Waals surface area contributed by atoms with Crippen LogP contribution >= 0.6 is 0 Å². The first kappa shape index (κ1) is 22.4. The number of nitrogens with one attached hydrogen (secondary N) is 1. The maximum Gasteiger partial charge on any atom is 0.339 e. The van der Waals surface area contributed by atoms with E-state index in [1.54, 1.807) is 6.07 Å². The minimum atomic E-state index is -0.564. The van der Waals surface area contributed by atoms with Crippen molar-refractivity contribution in [1.82, 2.24) is 4.98 Å². The zero-order valence-corrected chi connectivity index (χ0v) is 19.7. The van der Waals surface area contributed by atoms with E-state index < -0.39 is 18.5 Å². The number of hydrogen-bond donors (Lipinski definition) is 1. The molecule has 7 heteroatoms. The van der Waals surface area contributed by atoms with Gasteiger partial charge in [-0.1, -0.05) is 43.3 Å². The van der Waals surface area contributed by atoms with E-state index >= 15 is 0 Å². The van der Waals surface area contributed by atoms with Crippen LogP contribution in [0.5, 0.6) is 5.75 Å². The monoisotopic (exact) mass is 468 g/mol. The van der Waals surface area contributed by atoms with E-state index in [0.29, 0.717) is 34.4 Å². The summed E-state index contributed by atoms with van der Waals surface area (Å²) in [7, 11) is 1.53. The third kappa shape index (κ3) is 4.05. The quantitative estimate of drug-likeness (QED) is 0.316. The molecule has 0 aliphatic carbocycles. The third-order valence-electron chi connectivity index (χ3n) is 6.08. The van der Waals surface area contributed by atoms with Crippen molar-refractivity contribution in [3.05, 3.63) is 77.5 Å².